The number of aromatic nitrogens is 2. The van der Waals surface area contributed by atoms with Gasteiger partial charge in [-0.25, -0.2) is 4.98 Å². The molecule has 0 unspecified atom stereocenters. The predicted molar refractivity (Wildman–Crippen MR) is 91.2 cm³/mol. The van der Waals surface area contributed by atoms with Gasteiger partial charge in [-0.15, -0.1) is 10.2 Å². The number of nitrogens with zero attached hydrogens (tertiary/aromatic N) is 4. The predicted octanol–water partition coefficient (Wildman–Crippen LogP) is 4.81. The van der Waals surface area contributed by atoms with Crippen molar-refractivity contribution in [1.29, 1.82) is 0 Å². The Labute approximate surface area is 135 Å². The monoisotopic (exact) mass is 303 g/mol. The van der Waals surface area contributed by atoms with Crippen LogP contribution in [-0.4, -0.2) is 9.97 Å². The van der Waals surface area contributed by atoms with Crippen molar-refractivity contribution in [3.05, 3.63) is 78.2 Å². The first kappa shape index (κ1) is 14.8. The molecule has 0 spiro atoms. The van der Waals surface area contributed by atoms with Crippen LogP contribution in [0.15, 0.2) is 77.2 Å². The number of hydrogen-bond acceptors (Lipinski definition) is 5. The van der Waals surface area contributed by atoms with Gasteiger partial charge in [-0.3, -0.25) is 4.98 Å². The Kier molecular flexibility index (Phi) is 4.69. The summed E-state index contributed by atoms with van der Waals surface area (Å²) in [6, 6.07) is 17.5. The molecule has 1 N–H and O–H groups in total. The fourth-order valence-electron chi connectivity index (χ4n) is 2.08. The van der Waals surface area contributed by atoms with Crippen molar-refractivity contribution in [3.63, 3.8) is 0 Å². The highest BCUT2D eigenvalue weighted by Gasteiger charge is 2.03. The minimum Gasteiger partial charge on any atom is -0.378 e. The number of rotatable bonds is 5. The van der Waals surface area contributed by atoms with Crippen LogP contribution < -0.4 is 5.32 Å². The molecule has 0 saturated heterocycles. The highest BCUT2D eigenvalue weighted by molar-refractivity contribution is 5.66. The van der Waals surface area contributed by atoms with Gasteiger partial charge in [0.2, 0.25) is 0 Å². The molecular weight excluding hydrogens is 286 g/mol. The van der Waals surface area contributed by atoms with E-state index in [9.17, 15) is 0 Å². The highest BCUT2D eigenvalue weighted by Crippen LogP contribution is 2.28. The smallest absolute Gasteiger partial charge is 0.174 e. The maximum atomic E-state index is 4.33. The van der Waals surface area contributed by atoms with E-state index < -0.39 is 0 Å². The van der Waals surface area contributed by atoms with E-state index in [1.807, 2.05) is 61.5 Å². The molecular formula is C18H17N5. The Balaban J connectivity index is 1.79. The second-order valence-electron chi connectivity index (χ2n) is 5.08. The van der Waals surface area contributed by atoms with Gasteiger partial charge in [-0.05, 0) is 48.9 Å². The summed E-state index contributed by atoms with van der Waals surface area (Å²) in [7, 11) is 0. The SMILES string of the molecule is Cc1ccc(NCc2ccccn2)c(N=Nc2ccccn2)c1. The van der Waals surface area contributed by atoms with Crippen LogP contribution in [-0.2, 0) is 6.54 Å². The average molecular weight is 303 g/mol. The van der Waals surface area contributed by atoms with Gasteiger partial charge in [0, 0.05) is 12.4 Å². The average Bonchev–Trinajstić information content (AvgIpc) is 2.61. The van der Waals surface area contributed by atoms with Crippen LogP contribution in [0, 0.1) is 6.92 Å². The Bertz CT molecular complexity index is 785. The maximum absolute atomic E-state index is 4.33. The third-order valence-electron chi connectivity index (χ3n) is 3.25. The molecule has 114 valence electrons. The van der Waals surface area contributed by atoms with Crippen LogP contribution >= 0.6 is 0 Å². The van der Waals surface area contributed by atoms with Crippen molar-refractivity contribution in [1.82, 2.24) is 9.97 Å². The number of aryl methyl sites for hydroxylation is 1. The van der Waals surface area contributed by atoms with Gasteiger partial charge in [0.1, 0.15) is 5.69 Å². The molecule has 0 fully saturated rings. The van der Waals surface area contributed by atoms with Crippen molar-refractivity contribution in [2.45, 2.75) is 13.5 Å². The van der Waals surface area contributed by atoms with E-state index in [4.69, 9.17) is 0 Å². The third-order valence-corrected chi connectivity index (χ3v) is 3.25. The summed E-state index contributed by atoms with van der Waals surface area (Å²) < 4.78 is 0. The lowest BCUT2D eigenvalue weighted by Crippen LogP contribution is -2.01. The first-order valence-corrected chi connectivity index (χ1v) is 7.38. The second kappa shape index (κ2) is 7.26. The lowest BCUT2D eigenvalue weighted by molar-refractivity contribution is 1.04. The number of pyridine rings is 2. The largest absolute Gasteiger partial charge is 0.378 e. The summed E-state index contributed by atoms with van der Waals surface area (Å²) in [4.78, 5) is 8.46. The first-order valence-electron chi connectivity index (χ1n) is 7.38. The molecule has 1 aromatic carbocycles. The standard InChI is InChI=1S/C18H17N5/c1-14-8-9-16(21-13-15-6-2-4-10-19-15)17(12-14)22-23-18-7-3-5-11-20-18/h2-12,21H,13H2,1H3. The number of anilines is 1. The Morgan fingerprint density at radius 3 is 2.48 bits per heavy atom. The molecule has 0 aliphatic heterocycles. The lowest BCUT2D eigenvalue weighted by Gasteiger charge is -2.09. The van der Waals surface area contributed by atoms with Crippen molar-refractivity contribution < 1.29 is 0 Å². The van der Waals surface area contributed by atoms with Crippen molar-refractivity contribution in [3.8, 4) is 0 Å². The Morgan fingerprint density at radius 1 is 0.913 bits per heavy atom. The molecule has 3 aromatic rings. The normalized spacial score (nSPS) is 10.8. The molecule has 2 aromatic heterocycles. The number of benzene rings is 1. The molecule has 0 radical (unpaired) electrons. The van der Waals surface area contributed by atoms with Crippen LogP contribution in [0.25, 0.3) is 0 Å². The quantitative estimate of drug-likeness (QED) is 0.688. The fourth-order valence-corrected chi connectivity index (χ4v) is 2.08. The van der Waals surface area contributed by atoms with E-state index in [0.29, 0.717) is 12.4 Å². The highest BCUT2D eigenvalue weighted by atomic mass is 15.2. The topological polar surface area (TPSA) is 62.5 Å². The zero-order valence-corrected chi connectivity index (χ0v) is 12.8. The van der Waals surface area contributed by atoms with E-state index >= 15 is 0 Å². The Morgan fingerprint density at radius 2 is 1.74 bits per heavy atom. The maximum Gasteiger partial charge on any atom is 0.174 e. The third kappa shape index (κ3) is 4.20. The van der Waals surface area contributed by atoms with Crippen LogP contribution in [0.5, 0.6) is 0 Å². The molecule has 0 amide bonds. The van der Waals surface area contributed by atoms with Crippen LogP contribution in [0.3, 0.4) is 0 Å². The number of azo groups is 1. The van der Waals surface area contributed by atoms with Crippen molar-refractivity contribution in [2.75, 3.05) is 5.32 Å². The van der Waals surface area contributed by atoms with E-state index in [1.54, 1.807) is 12.4 Å². The minimum absolute atomic E-state index is 0.588. The van der Waals surface area contributed by atoms with Gasteiger partial charge in [0.15, 0.2) is 5.82 Å². The van der Waals surface area contributed by atoms with E-state index in [0.717, 1.165) is 22.6 Å². The van der Waals surface area contributed by atoms with E-state index in [-0.39, 0.29) is 0 Å². The van der Waals surface area contributed by atoms with Crippen LogP contribution in [0.4, 0.5) is 17.2 Å². The number of nitrogens with one attached hydrogen (secondary N) is 1. The zero-order valence-electron chi connectivity index (χ0n) is 12.8. The van der Waals surface area contributed by atoms with Crippen molar-refractivity contribution in [2.24, 2.45) is 10.2 Å². The molecule has 0 saturated carbocycles. The Hall–Kier alpha value is -3.08. The van der Waals surface area contributed by atoms with Gasteiger partial charge in [0.25, 0.3) is 0 Å². The molecule has 0 aliphatic carbocycles. The molecule has 23 heavy (non-hydrogen) atoms. The number of hydrogen-bond donors (Lipinski definition) is 1. The van der Waals surface area contributed by atoms with Gasteiger partial charge in [-0.1, -0.05) is 18.2 Å². The van der Waals surface area contributed by atoms with E-state index in [2.05, 4.69) is 25.5 Å². The lowest BCUT2D eigenvalue weighted by atomic mass is 10.2. The van der Waals surface area contributed by atoms with E-state index in [1.165, 1.54) is 0 Å². The van der Waals surface area contributed by atoms with Gasteiger partial charge in [0.05, 0.1) is 17.9 Å². The van der Waals surface area contributed by atoms with Gasteiger partial charge in [-0.2, -0.15) is 0 Å². The van der Waals surface area contributed by atoms with Gasteiger partial charge < -0.3 is 5.32 Å². The molecule has 3 rings (SSSR count). The second-order valence-corrected chi connectivity index (χ2v) is 5.08. The summed E-state index contributed by atoms with van der Waals surface area (Å²) >= 11 is 0. The fraction of sp³-hybridized carbons (Fsp3) is 0.111. The molecule has 2 heterocycles. The summed E-state index contributed by atoms with van der Waals surface area (Å²) in [5.74, 6) is 0.588. The summed E-state index contributed by atoms with van der Waals surface area (Å²) in [6.45, 7) is 2.67. The molecule has 0 aliphatic rings. The van der Waals surface area contributed by atoms with Crippen LogP contribution in [0.2, 0.25) is 0 Å². The van der Waals surface area contributed by atoms with Gasteiger partial charge >= 0.3 is 0 Å². The van der Waals surface area contributed by atoms with Crippen molar-refractivity contribution >= 4 is 17.2 Å². The zero-order chi connectivity index (χ0) is 15.9. The minimum atomic E-state index is 0.588. The first-order chi connectivity index (χ1) is 11.3. The molecule has 0 atom stereocenters. The molecule has 5 nitrogen and oxygen atoms in total. The molecule has 5 heteroatoms. The van der Waals surface area contributed by atoms with Crippen LogP contribution in [0.1, 0.15) is 11.3 Å². The molecule has 0 bridgehead atoms. The summed E-state index contributed by atoms with van der Waals surface area (Å²) in [5, 5.41) is 11.9. The summed E-state index contributed by atoms with van der Waals surface area (Å²) in [6.07, 6.45) is 3.48. The summed E-state index contributed by atoms with van der Waals surface area (Å²) in [5.41, 5.74) is 3.80.